The summed E-state index contributed by atoms with van der Waals surface area (Å²) in [5, 5.41) is 2.39. The topological polar surface area (TPSA) is 66.2 Å². The molecule has 1 heterocycles. The van der Waals surface area contributed by atoms with Crippen LogP contribution in [0.15, 0.2) is 60.7 Å². The fourth-order valence-corrected chi connectivity index (χ4v) is 3.51. The van der Waals surface area contributed by atoms with Crippen LogP contribution in [0.25, 0.3) is 21.8 Å². The molecule has 0 radical (unpaired) electrons. The first-order valence-electron chi connectivity index (χ1n) is 9.44. The van der Waals surface area contributed by atoms with Crippen LogP contribution in [0.2, 0.25) is 0 Å². The van der Waals surface area contributed by atoms with Gasteiger partial charge >= 0.3 is 0 Å². The zero-order valence-electron chi connectivity index (χ0n) is 15.6. The van der Waals surface area contributed by atoms with Crippen molar-refractivity contribution in [1.29, 1.82) is 0 Å². The van der Waals surface area contributed by atoms with Gasteiger partial charge in [0.2, 0.25) is 0 Å². The number of nitrogens with two attached hydrogens (primary N) is 2. The molecule has 0 unspecified atom stereocenters. The summed E-state index contributed by atoms with van der Waals surface area (Å²) >= 11 is 0. The highest BCUT2D eigenvalue weighted by atomic mass is 16.5. The zero-order chi connectivity index (χ0) is 18.8. The van der Waals surface area contributed by atoms with Gasteiger partial charge in [0.05, 0.1) is 17.6 Å². The van der Waals surface area contributed by atoms with E-state index in [1.807, 2.05) is 36.4 Å². The third-order valence-corrected chi connectivity index (χ3v) is 4.95. The van der Waals surface area contributed by atoms with Crippen molar-refractivity contribution in [3.8, 4) is 5.75 Å². The molecule has 27 heavy (non-hydrogen) atoms. The number of hydrogen-bond donors (Lipinski definition) is 2. The van der Waals surface area contributed by atoms with Gasteiger partial charge in [-0.15, -0.1) is 0 Å². The summed E-state index contributed by atoms with van der Waals surface area (Å²) in [6.07, 6.45) is 2.21. The van der Waals surface area contributed by atoms with Gasteiger partial charge in [0.25, 0.3) is 0 Å². The lowest BCUT2D eigenvalue weighted by atomic mass is 10.1. The number of benzene rings is 3. The molecule has 4 N–H and O–H groups in total. The number of rotatable bonds is 6. The molecule has 0 bridgehead atoms. The molecule has 0 saturated heterocycles. The first-order valence-corrected chi connectivity index (χ1v) is 9.44. The predicted molar refractivity (Wildman–Crippen MR) is 114 cm³/mol. The minimum absolute atomic E-state index is 0.752. The maximum atomic E-state index is 6.06. The average molecular weight is 359 g/mol. The van der Waals surface area contributed by atoms with Crippen molar-refractivity contribution in [2.24, 2.45) is 0 Å². The molecule has 4 rings (SSSR count). The lowest BCUT2D eigenvalue weighted by Crippen LogP contribution is -2.01. The smallest absolute Gasteiger partial charge is 0.119 e. The second-order valence-corrected chi connectivity index (χ2v) is 6.99. The van der Waals surface area contributed by atoms with Crippen LogP contribution in [0.4, 0.5) is 11.4 Å². The number of hydrogen-bond acceptors (Lipinski definition) is 3. The van der Waals surface area contributed by atoms with Crippen LogP contribution in [0.3, 0.4) is 0 Å². The largest absolute Gasteiger partial charge is 0.494 e. The van der Waals surface area contributed by atoms with Gasteiger partial charge in [-0.1, -0.05) is 37.6 Å². The number of nitrogens with zero attached hydrogens (tertiary/aromatic N) is 1. The molecule has 1 aromatic heterocycles. The molecule has 4 heteroatoms. The monoisotopic (exact) mass is 359 g/mol. The molecule has 4 nitrogen and oxygen atoms in total. The minimum atomic E-state index is 0.752. The Bertz CT molecular complexity index is 1020. The number of unbranched alkanes of at least 4 members (excludes halogenated alkanes) is 1. The first kappa shape index (κ1) is 17.3. The van der Waals surface area contributed by atoms with Gasteiger partial charge in [0, 0.05) is 28.7 Å². The number of nitrogen functional groups attached to an aromatic ring is 2. The molecule has 0 saturated carbocycles. The van der Waals surface area contributed by atoms with Gasteiger partial charge < -0.3 is 20.8 Å². The number of fused-ring (bicyclic) bond motifs is 3. The minimum Gasteiger partial charge on any atom is -0.494 e. The van der Waals surface area contributed by atoms with Gasteiger partial charge in [-0.3, -0.25) is 0 Å². The highest BCUT2D eigenvalue weighted by molar-refractivity contribution is 6.09. The normalized spacial score (nSPS) is 11.3. The van der Waals surface area contributed by atoms with Crippen molar-refractivity contribution in [2.45, 2.75) is 26.3 Å². The third kappa shape index (κ3) is 3.43. The van der Waals surface area contributed by atoms with Gasteiger partial charge in [-0.05, 0) is 48.4 Å². The van der Waals surface area contributed by atoms with Crippen LogP contribution >= 0.6 is 0 Å². The van der Waals surface area contributed by atoms with Crippen molar-refractivity contribution in [2.75, 3.05) is 18.1 Å². The van der Waals surface area contributed by atoms with E-state index in [0.29, 0.717) is 0 Å². The summed E-state index contributed by atoms with van der Waals surface area (Å²) < 4.78 is 8.05. The van der Waals surface area contributed by atoms with Crippen LogP contribution in [0, 0.1) is 0 Å². The molecule has 0 spiro atoms. The molecule has 4 aromatic rings. The van der Waals surface area contributed by atoms with E-state index in [9.17, 15) is 0 Å². The van der Waals surface area contributed by atoms with E-state index in [1.165, 1.54) is 16.3 Å². The molecule has 0 aliphatic rings. The van der Waals surface area contributed by atoms with Crippen LogP contribution in [-0.4, -0.2) is 11.2 Å². The Labute approximate surface area is 159 Å². The van der Waals surface area contributed by atoms with Gasteiger partial charge in [-0.2, -0.15) is 0 Å². The summed E-state index contributed by atoms with van der Waals surface area (Å²) in [7, 11) is 0. The van der Waals surface area contributed by atoms with Crippen LogP contribution < -0.4 is 16.2 Å². The van der Waals surface area contributed by atoms with E-state index in [4.69, 9.17) is 16.2 Å². The van der Waals surface area contributed by atoms with Gasteiger partial charge in [0.1, 0.15) is 5.75 Å². The average Bonchev–Trinajstić information content (AvgIpc) is 2.95. The Morgan fingerprint density at radius 2 is 1.41 bits per heavy atom. The quantitative estimate of drug-likeness (QED) is 0.368. The standard InChI is InChI=1S/C23H25N3O/c1-2-3-12-27-19-8-4-16(5-9-19)15-26-22-13-17(24)6-10-20(22)21-11-7-18(25)14-23(21)26/h4-11,13-14H,2-3,12,15,24-25H2,1H3. The SMILES string of the molecule is CCCCOc1ccc(Cn2c3cc(N)ccc3c3ccc(N)cc32)cc1. The highest BCUT2D eigenvalue weighted by Gasteiger charge is 2.12. The highest BCUT2D eigenvalue weighted by Crippen LogP contribution is 2.32. The molecule has 0 aliphatic heterocycles. The third-order valence-electron chi connectivity index (χ3n) is 4.95. The summed E-state index contributed by atoms with van der Waals surface area (Å²) in [4.78, 5) is 0. The molecule has 138 valence electrons. The molecular weight excluding hydrogens is 334 g/mol. The lowest BCUT2D eigenvalue weighted by molar-refractivity contribution is 0.309. The maximum absolute atomic E-state index is 6.06. The van der Waals surface area contributed by atoms with E-state index in [-0.39, 0.29) is 0 Å². The van der Waals surface area contributed by atoms with Crippen LogP contribution in [-0.2, 0) is 6.54 Å². The van der Waals surface area contributed by atoms with E-state index < -0.39 is 0 Å². The predicted octanol–water partition coefficient (Wildman–Crippen LogP) is 5.19. The van der Waals surface area contributed by atoms with E-state index in [1.54, 1.807) is 0 Å². The fraction of sp³-hybridized carbons (Fsp3) is 0.217. The lowest BCUT2D eigenvalue weighted by Gasteiger charge is -2.10. The Kier molecular flexibility index (Phi) is 4.63. The molecule has 0 aliphatic carbocycles. The Hall–Kier alpha value is -3.14. The summed E-state index contributed by atoms with van der Waals surface area (Å²) in [5.74, 6) is 0.919. The van der Waals surface area contributed by atoms with E-state index in [0.717, 1.165) is 54.2 Å². The van der Waals surface area contributed by atoms with Crippen LogP contribution in [0.1, 0.15) is 25.3 Å². The molecule has 3 aromatic carbocycles. The molecule has 0 amide bonds. The van der Waals surface area contributed by atoms with Crippen molar-refractivity contribution < 1.29 is 4.74 Å². The number of aromatic nitrogens is 1. The fourth-order valence-electron chi connectivity index (χ4n) is 3.51. The molecule has 0 fully saturated rings. The summed E-state index contributed by atoms with van der Waals surface area (Å²) in [6.45, 7) is 3.68. The summed E-state index contributed by atoms with van der Waals surface area (Å²) in [6, 6.07) is 20.5. The Morgan fingerprint density at radius 1 is 0.815 bits per heavy atom. The Morgan fingerprint density at radius 3 is 1.96 bits per heavy atom. The second-order valence-electron chi connectivity index (χ2n) is 6.99. The molecule has 0 atom stereocenters. The van der Waals surface area contributed by atoms with Crippen molar-refractivity contribution in [3.05, 3.63) is 66.2 Å². The zero-order valence-corrected chi connectivity index (χ0v) is 15.6. The van der Waals surface area contributed by atoms with Crippen molar-refractivity contribution >= 4 is 33.2 Å². The number of anilines is 2. The van der Waals surface area contributed by atoms with E-state index >= 15 is 0 Å². The summed E-state index contributed by atoms with van der Waals surface area (Å²) in [5.41, 5.74) is 17.1. The maximum Gasteiger partial charge on any atom is 0.119 e. The van der Waals surface area contributed by atoms with Gasteiger partial charge in [0.15, 0.2) is 0 Å². The van der Waals surface area contributed by atoms with Gasteiger partial charge in [-0.25, -0.2) is 0 Å². The first-order chi connectivity index (χ1) is 13.2. The van der Waals surface area contributed by atoms with E-state index in [2.05, 4.69) is 35.8 Å². The van der Waals surface area contributed by atoms with Crippen LogP contribution in [0.5, 0.6) is 5.75 Å². The molecular formula is C23H25N3O. The van der Waals surface area contributed by atoms with Crippen molar-refractivity contribution in [3.63, 3.8) is 0 Å². The number of ether oxygens (including phenoxy) is 1. The second kappa shape index (κ2) is 7.23. The van der Waals surface area contributed by atoms with Crippen molar-refractivity contribution in [1.82, 2.24) is 4.57 Å². The Balaban J connectivity index is 1.72.